The molecule has 0 aromatic heterocycles. The molecule has 2 N–H and O–H groups in total. The number of hydrazone groups is 1. The topological polar surface area (TPSA) is 70.9 Å². The second-order valence-electron chi connectivity index (χ2n) is 4.58. The fourth-order valence-corrected chi connectivity index (χ4v) is 2.64. The van der Waals surface area contributed by atoms with Crippen LogP contribution >= 0.6 is 39.1 Å². The maximum absolute atomic E-state index is 12.0. The van der Waals surface area contributed by atoms with Crippen molar-refractivity contribution in [3.63, 3.8) is 0 Å². The van der Waals surface area contributed by atoms with Gasteiger partial charge in [0, 0.05) is 16.1 Å². The second-order valence-corrected chi connectivity index (χ2v) is 6.28. The molecule has 0 spiro atoms. The molecule has 0 aliphatic carbocycles. The molecular formula is C16H13BrCl2N2O3. The average molecular weight is 432 g/mol. The number of nitrogens with one attached hydrogen (secondary N) is 1. The SMILES string of the molecule is CCOc1cc(Cl)c(Cl)c(C=NNC(=O)c2cccc(Br)c2)c1O. The molecule has 0 saturated carbocycles. The number of phenols is 1. The Kier molecular flexibility index (Phi) is 6.48. The number of benzene rings is 2. The van der Waals surface area contributed by atoms with Gasteiger partial charge >= 0.3 is 0 Å². The predicted octanol–water partition coefficient (Wildman–Crippen LogP) is 4.62. The van der Waals surface area contributed by atoms with Gasteiger partial charge in [0.05, 0.1) is 28.4 Å². The molecule has 0 aliphatic rings. The van der Waals surface area contributed by atoms with Crippen LogP contribution in [0.1, 0.15) is 22.8 Å². The highest BCUT2D eigenvalue weighted by Crippen LogP contribution is 2.39. The van der Waals surface area contributed by atoms with Gasteiger partial charge in [0.2, 0.25) is 0 Å². The first-order chi connectivity index (χ1) is 11.4. The van der Waals surface area contributed by atoms with Gasteiger partial charge in [-0.1, -0.05) is 45.2 Å². The third-order valence-electron chi connectivity index (χ3n) is 2.94. The monoisotopic (exact) mass is 430 g/mol. The van der Waals surface area contributed by atoms with E-state index in [0.717, 1.165) is 4.47 Å². The van der Waals surface area contributed by atoms with Crippen molar-refractivity contribution in [2.45, 2.75) is 6.92 Å². The lowest BCUT2D eigenvalue weighted by Crippen LogP contribution is -2.17. The van der Waals surface area contributed by atoms with Crippen LogP contribution in [0.25, 0.3) is 0 Å². The zero-order valence-corrected chi connectivity index (χ0v) is 15.6. The summed E-state index contributed by atoms with van der Waals surface area (Å²) in [7, 11) is 0. The first kappa shape index (κ1) is 18.6. The third-order valence-corrected chi connectivity index (χ3v) is 4.23. The Bertz CT molecular complexity index is 797. The molecule has 0 fully saturated rings. The summed E-state index contributed by atoms with van der Waals surface area (Å²) in [6, 6.07) is 8.25. The minimum atomic E-state index is -0.407. The van der Waals surface area contributed by atoms with Crippen molar-refractivity contribution in [1.82, 2.24) is 5.43 Å². The van der Waals surface area contributed by atoms with Gasteiger partial charge in [-0.3, -0.25) is 4.79 Å². The summed E-state index contributed by atoms with van der Waals surface area (Å²) in [5, 5.41) is 14.3. The Morgan fingerprint density at radius 2 is 2.17 bits per heavy atom. The Labute approximate surface area is 157 Å². The van der Waals surface area contributed by atoms with E-state index in [2.05, 4.69) is 26.5 Å². The van der Waals surface area contributed by atoms with Crippen LogP contribution in [-0.4, -0.2) is 23.8 Å². The Balaban J connectivity index is 2.21. The molecule has 126 valence electrons. The number of amides is 1. The highest BCUT2D eigenvalue weighted by molar-refractivity contribution is 9.10. The molecule has 0 unspecified atom stereocenters. The number of rotatable bonds is 5. The van der Waals surface area contributed by atoms with E-state index in [4.69, 9.17) is 27.9 Å². The number of hydrogen-bond donors (Lipinski definition) is 2. The van der Waals surface area contributed by atoms with Crippen molar-refractivity contribution in [3.8, 4) is 11.5 Å². The van der Waals surface area contributed by atoms with Gasteiger partial charge < -0.3 is 9.84 Å². The molecule has 0 saturated heterocycles. The zero-order valence-electron chi connectivity index (χ0n) is 12.5. The highest BCUT2D eigenvalue weighted by Gasteiger charge is 2.15. The molecule has 0 aliphatic heterocycles. The molecule has 2 aromatic carbocycles. The summed E-state index contributed by atoms with van der Waals surface area (Å²) < 4.78 is 6.05. The number of nitrogens with zero attached hydrogens (tertiary/aromatic N) is 1. The minimum absolute atomic E-state index is 0.109. The van der Waals surface area contributed by atoms with E-state index in [0.29, 0.717) is 12.2 Å². The fourth-order valence-electron chi connectivity index (χ4n) is 1.85. The molecule has 2 aromatic rings. The minimum Gasteiger partial charge on any atom is -0.504 e. The molecule has 2 rings (SSSR count). The van der Waals surface area contributed by atoms with Crippen LogP contribution in [0.4, 0.5) is 0 Å². The van der Waals surface area contributed by atoms with Crippen LogP contribution in [0.2, 0.25) is 10.0 Å². The number of carbonyl (C=O) groups is 1. The van der Waals surface area contributed by atoms with Crippen LogP contribution in [0.15, 0.2) is 39.9 Å². The Morgan fingerprint density at radius 1 is 1.42 bits per heavy atom. The van der Waals surface area contributed by atoms with E-state index in [9.17, 15) is 9.90 Å². The first-order valence-corrected chi connectivity index (χ1v) is 8.41. The number of hydrogen-bond acceptors (Lipinski definition) is 4. The molecular weight excluding hydrogens is 419 g/mol. The van der Waals surface area contributed by atoms with Gasteiger partial charge in [0.1, 0.15) is 0 Å². The van der Waals surface area contributed by atoms with Gasteiger partial charge in [-0.25, -0.2) is 5.43 Å². The summed E-state index contributed by atoms with van der Waals surface area (Å²) in [5.41, 5.74) is 2.94. The van der Waals surface area contributed by atoms with Crippen molar-refractivity contribution in [1.29, 1.82) is 0 Å². The van der Waals surface area contributed by atoms with Gasteiger partial charge in [0.15, 0.2) is 11.5 Å². The zero-order chi connectivity index (χ0) is 17.7. The van der Waals surface area contributed by atoms with E-state index >= 15 is 0 Å². The molecule has 0 bridgehead atoms. The van der Waals surface area contributed by atoms with E-state index in [1.165, 1.54) is 12.3 Å². The number of halogens is 3. The number of ether oxygens (including phenoxy) is 1. The quantitative estimate of drug-likeness (QED) is 0.535. The van der Waals surface area contributed by atoms with Crippen LogP contribution in [-0.2, 0) is 0 Å². The number of carbonyl (C=O) groups excluding carboxylic acids is 1. The summed E-state index contributed by atoms with van der Waals surface area (Å²) >= 11 is 15.4. The Hall–Kier alpha value is -1.76. The maximum atomic E-state index is 12.0. The van der Waals surface area contributed by atoms with Crippen LogP contribution in [0.3, 0.4) is 0 Å². The molecule has 0 atom stereocenters. The van der Waals surface area contributed by atoms with Gasteiger partial charge in [-0.2, -0.15) is 5.10 Å². The van der Waals surface area contributed by atoms with Crippen molar-refractivity contribution in [3.05, 3.63) is 56.0 Å². The lowest BCUT2D eigenvalue weighted by atomic mass is 10.2. The van der Waals surface area contributed by atoms with E-state index in [1.54, 1.807) is 31.2 Å². The molecule has 0 radical (unpaired) electrons. The van der Waals surface area contributed by atoms with Crippen molar-refractivity contribution in [2.24, 2.45) is 5.10 Å². The van der Waals surface area contributed by atoms with Crippen LogP contribution in [0.5, 0.6) is 11.5 Å². The van der Waals surface area contributed by atoms with Crippen LogP contribution in [0, 0.1) is 0 Å². The van der Waals surface area contributed by atoms with E-state index < -0.39 is 5.91 Å². The lowest BCUT2D eigenvalue weighted by Gasteiger charge is -2.10. The van der Waals surface area contributed by atoms with Crippen molar-refractivity contribution < 1.29 is 14.6 Å². The van der Waals surface area contributed by atoms with Crippen molar-refractivity contribution >= 4 is 51.3 Å². The lowest BCUT2D eigenvalue weighted by molar-refractivity contribution is 0.0955. The standard InChI is InChI=1S/C16H13BrCl2N2O3/c1-2-24-13-7-12(18)14(19)11(15(13)22)8-20-21-16(23)9-4-3-5-10(17)6-9/h3-8,22H,2H2,1H3,(H,21,23). The smallest absolute Gasteiger partial charge is 0.271 e. The van der Waals surface area contributed by atoms with Crippen LogP contribution < -0.4 is 10.2 Å². The summed E-state index contributed by atoms with van der Waals surface area (Å²) in [6.45, 7) is 2.12. The number of phenolic OH excluding ortho intramolecular Hbond substituents is 1. The van der Waals surface area contributed by atoms with E-state index in [-0.39, 0.29) is 27.1 Å². The van der Waals surface area contributed by atoms with Gasteiger partial charge in [-0.05, 0) is 25.1 Å². The normalized spacial score (nSPS) is 10.8. The molecule has 0 heterocycles. The second kappa shape index (κ2) is 8.37. The molecule has 5 nitrogen and oxygen atoms in total. The fraction of sp³-hybridized carbons (Fsp3) is 0.125. The average Bonchev–Trinajstić information content (AvgIpc) is 2.55. The number of aromatic hydroxyl groups is 1. The van der Waals surface area contributed by atoms with E-state index in [1.807, 2.05) is 0 Å². The third kappa shape index (κ3) is 4.41. The molecule has 1 amide bonds. The highest BCUT2D eigenvalue weighted by atomic mass is 79.9. The summed E-state index contributed by atoms with van der Waals surface area (Å²) in [4.78, 5) is 12.0. The van der Waals surface area contributed by atoms with Gasteiger partial charge in [-0.15, -0.1) is 0 Å². The first-order valence-electron chi connectivity index (χ1n) is 6.86. The summed E-state index contributed by atoms with van der Waals surface area (Å²) in [6.07, 6.45) is 1.21. The largest absolute Gasteiger partial charge is 0.504 e. The molecule has 24 heavy (non-hydrogen) atoms. The predicted molar refractivity (Wildman–Crippen MR) is 98.5 cm³/mol. The van der Waals surface area contributed by atoms with Crippen molar-refractivity contribution in [2.75, 3.05) is 6.61 Å². The molecule has 8 heteroatoms. The maximum Gasteiger partial charge on any atom is 0.271 e. The Morgan fingerprint density at radius 3 is 2.83 bits per heavy atom. The summed E-state index contributed by atoms with van der Waals surface area (Å²) in [5.74, 6) is -0.423. The van der Waals surface area contributed by atoms with Gasteiger partial charge in [0.25, 0.3) is 5.91 Å².